The number of rotatable bonds is 5. The minimum atomic E-state index is -0.0150. The molecule has 0 aromatic carbocycles. The van der Waals surface area contributed by atoms with E-state index in [-0.39, 0.29) is 11.4 Å². The lowest BCUT2D eigenvalue weighted by atomic mass is 9.85. The molecule has 2 aliphatic heterocycles. The quantitative estimate of drug-likeness (QED) is 0.771. The Hall–Kier alpha value is -1.53. The molecule has 3 rings (SSSR count). The number of amides is 1. The molecule has 1 unspecified atom stereocenters. The lowest BCUT2D eigenvalue weighted by molar-refractivity contribution is -0.118. The van der Waals surface area contributed by atoms with E-state index in [1.54, 1.807) is 19.5 Å². The summed E-state index contributed by atoms with van der Waals surface area (Å²) in [5, 5.41) is 0. The largest absolute Gasteiger partial charge is 0.385 e. The van der Waals surface area contributed by atoms with Gasteiger partial charge in [0.05, 0.1) is 18.1 Å². The van der Waals surface area contributed by atoms with E-state index in [0.29, 0.717) is 6.42 Å². The van der Waals surface area contributed by atoms with E-state index in [2.05, 4.69) is 14.9 Å². The number of aromatic nitrogens is 2. The van der Waals surface area contributed by atoms with Crippen LogP contribution in [0.3, 0.4) is 0 Å². The number of hydrogen-bond acceptors (Lipinski definition) is 5. The zero-order valence-corrected chi connectivity index (χ0v) is 13.2. The van der Waals surface area contributed by atoms with Crippen LogP contribution in [0.15, 0.2) is 18.7 Å². The van der Waals surface area contributed by atoms with Crippen LogP contribution in [0.5, 0.6) is 0 Å². The van der Waals surface area contributed by atoms with Gasteiger partial charge in [0, 0.05) is 38.8 Å². The molecule has 0 bridgehead atoms. The van der Waals surface area contributed by atoms with Crippen LogP contribution in [0.4, 0.5) is 5.69 Å². The fraction of sp³-hybridized carbons (Fsp3) is 0.688. The second-order valence-corrected chi connectivity index (χ2v) is 6.27. The molecule has 1 spiro atoms. The molecule has 120 valence electrons. The maximum atomic E-state index is 12.5. The van der Waals surface area contributed by atoms with E-state index in [9.17, 15) is 4.79 Å². The number of nitrogens with zero attached hydrogens (tertiary/aromatic N) is 4. The number of methoxy groups -OCH3 is 1. The standard InChI is InChI=1S/C16H24N4O2/c1-22-8-4-7-19-6-3-2-5-16(19)9-15(21)20(12-16)14-10-17-13-18-11-14/h10-11,13H,2-9,12H2,1H3. The summed E-state index contributed by atoms with van der Waals surface area (Å²) in [6.45, 7) is 3.61. The minimum Gasteiger partial charge on any atom is -0.385 e. The maximum Gasteiger partial charge on any atom is 0.229 e. The summed E-state index contributed by atoms with van der Waals surface area (Å²) >= 11 is 0. The molecule has 1 atom stereocenters. The highest BCUT2D eigenvalue weighted by Crippen LogP contribution is 2.38. The second kappa shape index (κ2) is 6.71. The maximum absolute atomic E-state index is 12.5. The molecular weight excluding hydrogens is 280 g/mol. The van der Waals surface area contributed by atoms with Crippen molar-refractivity contribution < 1.29 is 9.53 Å². The van der Waals surface area contributed by atoms with Gasteiger partial charge in [0.25, 0.3) is 0 Å². The summed E-state index contributed by atoms with van der Waals surface area (Å²) in [6.07, 6.45) is 10.1. The van der Waals surface area contributed by atoms with Gasteiger partial charge in [0.1, 0.15) is 6.33 Å². The number of anilines is 1. The molecule has 2 saturated heterocycles. The smallest absolute Gasteiger partial charge is 0.229 e. The van der Waals surface area contributed by atoms with Crippen molar-refractivity contribution in [2.45, 2.75) is 37.6 Å². The SMILES string of the molecule is COCCCN1CCCCC12CC(=O)N(c1cncnc1)C2. The summed E-state index contributed by atoms with van der Waals surface area (Å²) < 4.78 is 5.17. The zero-order valence-electron chi connectivity index (χ0n) is 13.2. The van der Waals surface area contributed by atoms with Gasteiger partial charge in [-0.2, -0.15) is 0 Å². The number of carbonyl (C=O) groups excluding carboxylic acids is 1. The molecule has 0 radical (unpaired) electrons. The molecule has 2 aliphatic rings. The molecular formula is C16H24N4O2. The Morgan fingerprint density at radius 3 is 2.91 bits per heavy atom. The molecule has 1 aromatic rings. The first-order valence-electron chi connectivity index (χ1n) is 8.04. The van der Waals surface area contributed by atoms with Crippen LogP contribution in [0.25, 0.3) is 0 Å². The first-order chi connectivity index (χ1) is 10.7. The Morgan fingerprint density at radius 2 is 2.14 bits per heavy atom. The van der Waals surface area contributed by atoms with E-state index in [4.69, 9.17) is 4.74 Å². The minimum absolute atomic E-state index is 0.0150. The fourth-order valence-corrected chi connectivity index (χ4v) is 3.76. The Kier molecular flexibility index (Phi) is 4.69. The van der Waals surface area contributed by atoms with Crippen molar-refractivity contribution in [1.82, 2.24) is 14.9 Å². The third kappa shape index (κ3) is 2.98. The van der Waals surface area contributed by atoms with Crippen molar-refractivity contribution in [3.63, 3.8) is 0 Å². The lowest BCUT2D eigenvalue weighted by Crippen LogP contribution is -2.54. The highest BCUT2D eigenvalue weighted by molar-refractivity contribution is 5.96. The lowest BCUT2D eigenvalue weighted by Gasteiger charge is -2.44. The van der Waals surface area contributed by atoms with Gasteiger partial charge < -0.3 is 9.64 Å². The first kappa shape index (κ1) is 15.4. The average Bonchev–Trinajstić information content (AvgIpc) is 2.87. The predicted octanol–water partition coefficient (Wildman–Crippen LogP) is 1.47. The molecule has 2 fully saturated rings. The Bertz CT molecular complexity index is 510. The van der Waals surface area contributed by atoms with Crippen molar-refractivity contribution in [2.24, 2.45) is 0 Å². The van der Waals surface area contributed by atoms with E-state index in [0.717, 1.165) is 44.8 Å². The summed E-state index contributed by atoms with van der Waals surface area (Å²) in [6, 6.07) is 0. The summed E-state index contributed by atoms with van der Waals surface area (Å²) in [5.41, 5.74) is 0.797. The second-order valence-electron chi connectivity index (χ2n) is 6.27. The number of ether oxygens (including phenoxy) is 1. The van der Waals surface area contributed by atoms with Crippen LogP contribution in [0.1, 0.15) is 32.1 Å². The Morgan fingerprint density at radius 1 is 1.32 bits per heavy atom. The van der Waals surface area contributed by atoms with Crippen LogP contribution < -0.4 is 4.90 Å². The van der Waals surface area contributed by atoms with E-state index in [1.165, 1.54) is 19.2 Å². The highest BCUT2D eigenvalue weighted by atomic mass is 16.5. The Labute approximate surface area is 131 Å². The topological polar surface area (TPSA) is 58.6 Å². The zero-order chi connectivity index (χ0) is 15.4. The van der Waals surface area contributed by atoms with Gasteiger partial charge >= 0.3 is 0 Å². The molecule has 22 heavy (non-hydrogen) atoms. The van der Waals surface area contributed by atoms with E-state index < -0.39 is 0 Å². The molecule has 6 heteroatoms. The number of hydrogen-bond donors (Lipinski definition) is 0. The third-order valence-electron chi connectivity index (χ3n) is 4.86. The molecule has 1 aromatic heterocycles. The van der Waals surface area contributed by atoms with Crippen molar-refractivity contribution in [3.05, 3.63) is 18.7 Å². The summed E-state index contributed by atoms with van der Waals surface area (Å²) in [7, 11) is 1.74. The van der Waals surface area contributed by atoms with Crippen molar-refractivity contribution >= 4 is 11.6 Å². The van der Waals surface area contributed by atoms with Crippen molar-refractivity contribution in [3.8, 4) is 0 Å². The Balaban J connectivity index is 1.75. The van der Waals surface area contributed by atoms with E-state index >= 15 is 0 Å². The molecule has 3 heterocycles. The average molecular weight is 304 g/mol. The normalized spacial score (nSPS) is 26.0. The summed E-state index contributed by atoms with van der Waals surface area (Å²) in [5.74, 6) is 0.188. The number of likely N-dealkylation sites (tertiary alicyclic amines) is 1. The van der Waals surface area contributed by atoms with Gasteiger partial charge in [-0.15, -0.1) is 0 Å². The first-order valence-corrected chi connectivity index (χ1v) is 8.04. The van der Waals surface area contributed by atoms with Crippen molar-refractivity contribution in [1.29, 1.82) is 0 Å². The highest BCUT2D eigenvalue weighted by Gasteiger charge is 2.48. The molecule has 1 amide bonds. The van der Waals surface area contributed by atoms with Gasteiger partial charge in [-0.25, -0.2) is 9.97 Å². The third-order valence-corrected chi connectivity index (χ3v) is 4.86. The van der Waals surface area contributed by atoms with Gasteiger partial charge in [-0.05, 0) is 25.8 Å². The van der Waals surface area contributed by atoms with Crippen LogP contribution in [-0.4, -0.2) is 59.7 Å². The molecule has 6 nitrogen and oxygen atoms in total. The molecule has 0 aliphatic carbocycles. The van der Waals surface area contributed by atoms with E-state index in [1.807, 2.05) is 4.90 Å². The van der Waals surface area contributed by atoms with Gasteiger partial charge in [-0.1, -0.05) is 6.42 Å². The van der Waals surface area contributed by atoms with Gasteiger partial charge in [-0.3, -0.25) is 9.69 Å². The monoisotopic (exact) mass is 304 g/mol. The number of piperidine rings is 1. The summed E-state index contributed by atoms with van der Waals surface area (Å²) in [4.78, 5) is 25.0. The number of carbonyl (C=O) groups is 1. The van der Waals surface area contributed by atoms with Crippen LogP contribution in [0, 0.1) is 0 Å². The van der Waals surface area contributed by atoms with Crippen LogP contribution >= 0.6 is 0 Å². The van der Waals surface area contributed by atoms with Crippen LogP contribution in [0.2, 0.25) is 0 Å². The fourth-order valence-electron chi connectivity index (χ4n) is 3.76. The predicted molar refractivity (Wildman–Crippen MR) is 83.7 cm³/mol. The van der Waals surface area contributed by atoms with Crippen LogP contribution in [-0.2, 0) is 9.53 Å². The molecule has 0 N–H and O–H groups in total. The van der Waals surface area contributed by atoms with Crippen molar-refractivity contribution in [2.75, 3.05) is 38.3 Å². The van der Waals surface area contributed by atoms with Gasteiger partial charge in [0.15, 0.2) is 0 Å². The molecule has 0 saturated carbocycles. The van der Waals surface area contributed by atoms with Gasteiger partial charge in [0.2, 0.25) is 5.91 Å².